The minimum absolute atomic E-state index is 0.00704. The summed E-state index contributed by atoms with van der Waals surface area (Å²) < 4.78 is 5.24. The molecular weight excluding hydrogens is 168 g/mol. The smallest absolute Gasteiger partial charge is 0.295 e. The van der Waals surface area contributed by atoms with Gasteiger partial charge in [0.2, 0.25) is 9.04 Å². The van der Waals surface area contributed by atoms with E-state index in [1.165, 1.54) is 0 Å². The van der Waals surface area contributed by atoms with Crippen molar-refractivity contribution in [2.24, 2.45) is 11.3 Å². The van der Waals surface area contributed by atoms with Crippen molar-refractivity contribution in [2.75, 3.05) is 0 Å². The molecule has 1 unspecified atom stereocenters. The molecule has 0 aromatic carbocycles. The van der Waals surface area contributed by atoms with Gasteiger partial charge in [0.25, 0.3) is 5.97 Å². The van der Waals surface area contributed by atoms with Gasteiger partial charge in [-0.25, -0.2) is 0 Å². The van der Waals surface area contributed by atoms with E-state index in [0.717, 1.165) is 0 Å². The molecule has 0 fully saturated rings. The zero-order valence-electron chi connectivity index (χ0n) is 8.97. The summed E-state index contributed by atoms with van der Waals surface area (Å²) in [5.74, 6) is -0.0448. The molecule has 0 rings (SSSR count). The largest absolute Gasteiger partial charge is 0.522 e. The van der Waals surface area contributed by atoms with Crippen molar-refractivity contribution in [1.82, 2.24) is 0 Å². The predicted molar refractivity (Wildman–Crippen MR) is 53.6 cm³/mol. The Morgan fingerprint density at radius 2 is 1.75 bits per heavy atom. The van der Waals surface area contributed by atoms with E-state index >= 15 is 0 Å². The van der Waals surface area contributed by atoms with Crippen LogP contribution in [0.5, 0.6) is 0 Å². The van der Waals surface area contributed by atoms with Gasteiger partial charge in [-0.3, -0.25) is 4.79 Å². The van der Waals surface area contributed by atoms with E-state index in [9.17, 15) is 4.79 Å². The summed E-state index contributed by atoms with van der Waals surface area (Å²) in [5, 5.41) is 0. The van der Waals surface area contributed by atoms with Gasteiger partial charge in [0.1, 0.15) is 0 Å². The van der Waals surface area contributed by atoms with Crippen molar-refractivity contribution in [3.8, 4) is 0 Å². The zero-order chi connectivity index (χ0) is 9.94. The highest BCUT2D eigenvalue weighted by Crippen LogP contribution is 2.26. The molecule has 2 nitrogen and oxygen atoms in total. The Labute approximate surface area is 77.0 Å². The predicted octanol–water partition coefficient (Wildman–Crippen LogP) is 2.20. The summed E-state index contributed by atoms with van der Waals surface area (Å²) in [6.07, 6.45) is 0. The van der Waals surface area contributed by atoms with E-state index in [1.807, 2.05) is 20.0 Å². The maximum Gasteiger partial charge on any atom is 0.295 e. The van der Waals surface area contributed by atoms with Gasteiger partial charge >= 0.3 is 0 Å². The van der Waals surface area contributed by atoms with Crippen LogP contribution in [0.25, 0.3) is 0 Å². The third kappa shape index (κ3) is 3.90. The molecule has 0 aliphatic rings. The summed E-state index contributed by atoms with van der Waals surface area (Å²) in [4.78, 5) is 11.4. The fourth-order valence-corrected chi connectivity index (χ4v) is 1.36. The van der Waals surface area contributed by atoms with Crippen molar-refractivity contribution < 1.29 is 9.22 Å². The van der Waals surface area contributed by atoms with Gasteiger partial charge in [-0.15, -0.1) is 0 Å². The fraction of sp³-hybridized carbons (Fsp3) is 0.889. The highest BCUT2D eigenvalue weighted by atomic mass is 28.3. The minimum atomic E-state index is -1.21. The van der Waals surface area contributed by atoms with Crippen molar-refractivity contribution >= 4 is 15.0 Å². The topological polar surface area (TPSA) is 26.3 Å². The van der Waals surface area contributed by atoms with Gasteiger partial charge in [0, 0.05) is 0 Å². The van der Waals surface area contributed by atoms with E-state index in [1.54, 1.807) is 0 Å². The normalized spacial score (nSPS) is 14.6. The van der Waals surface area contributed by atoms with Crippen LogP contribution in [0.15, 0.2) is 0 Å². The Kier molecular flexibility index (Phi) is 3.97. The lowest BCUT2D eigenvalue weighted by atomic mass is 9.82. The third-order valence-corrected chi connectivity index (χ3v) is 2.71. The van der Waals surface area contributed by atoms with Crippen LogP contribution in [0.4, 0.5) is 0 Å². The van der Waals surface area contributed by atoms with Gasteiger partial charge in [0.15, 0.2) is 0 Å². The van der Waals surface area contributed by atoms with Crippen LogP contribution >= 0.6 is 0 Å². The lowest BCUT2D eigenvalue weighted by Gasteiger charge is -2.26. The van der Waals surface area contributed by atoms with Crippen molar-refractivity contribution in [1.29, 1.82) is 0 Å². The van der Waals surface area contributed by atoms with Crippen molar-refractivity contribution in [3.63, 3.8) is 0 Å². The Morgan fingerprint density at radius 1 is 1.33 bits per heavy atom. The van der Waals surface area contributed by atoms with E-state index in [4.69, 9.17) is 4.43 Å². The minimum Gasteiger partial charge on any atom is -0.522 e. The molecule has 0 radical (unpaired) electrons. The second-order valence-electron chi connectivity index (χ2n) is 4.57. The molecule has 12 heavy (non-hydrogen) atoms. The summed E-state index contributed by atoms with van der Waals surface area (Å²) in [6.45, 7) is 12.1. The van der Waals surface area contributed by atoms with Crippen molar-refractivity contribution in [3.05, 3.63) is 0 Å². The second-order valence-corrected chi connectivity index (χ2v) is 6.91. The molecule has 0 bridgehead atoms. The average molecular weight is 188 g/mol. The van der Waals surface area contributed by atoms with Crippen molar-refractivity contribution in [2.45, 2.75) is 40.8 Å². The summed E-state index contributed by atoms with van der Waals surface area (Å²) >= 11 is 0. The molecule has 0 amide bonds. The molecule has 72 valence electrons. The molecule has 1 atom stereocenters. The van der Waals surface area contributed by atoms with E-state index in [0.29, 0.717) is 0 Å². The molecule has 0 heterocycles. The molecule has 0 aliphatic heterocycles. The molecule has 0 saturated heterocycles. The molecule has 0 aromatic rings. The van der Waals surface area contributed by atoms with E-state index in [-0.39, 0.29) is 17.3 Å². The average Bonchev–Trinajstić information content (AvgIpc) is 1.82. The monoisotopic (exact) mass is 188 g/mol. The first-order valence-corrected chi connectivity index (χ1v) is 7.23. The van der Waals surface area contributed by atoms with E-state index < -0.39 is 9.04 Å². The summed E-state index contributed by atoms with van der Waals surface area (Å²) in [5.41, 5.74) is 0.0143. The van der Waals surface area contributed by atoms with Gasteiger partial charge in [-0.1, -0.05) is 27.7 Å². The third-order valence-electron chi connectivity index (χ3n) is 2.00. The first kappa shape index (κ1) is 11.7. The van der Waals surface area contributed by atoms with E-state index in [2.05, 4.69) is 20.8 Å². The van der Waals surface area contributed by atoms with Crippen LogP contribution in [0, 0.1) is 11.3 Å². The Bertz CT molecular complexity index is 158. The highest BCUT2D eigenvalue weighted by molar-refractivity contribution is 6.50. The highest BCUT2D eigenvalue weighted by Gasteiger charge is 2.28. The number of rotatable bonds is 2. The molecule has 0 aromatic heterocycles. The van der Waals surface area contributed by atoms with Gasteiger partial charge in [0.05, 0.1) is 5.92 Å². The summed E-state index contributed by atoms with van der Waals surface area (Å²) in [7, 11) is -1.21. The number of carbonyl (C=O) groups excluding carboxylic acids is 1. The lowest BCUT2D eigenvalue weighted by molar-refractivity contribution is -0.142. The van der Waals surface area contributed by atoms with Crippen LogP contribution in [-0.2, 0) is 9.22 Å². The second kappa shape index (κ2) is 4.08. The molecule has 0 N–H and O–H groups in total. The molecule has 3 heteroatoms. The van der Waals surface area contributed by atoms with Gasteiger partial charge in [-0.05, 0) is 18.5 Å². The number of carbonyl (C=O) groups is 1. The standard InChI is InChI=1S/C9H20O2Si/c1-7(9(2,3)4)8(10)11-12(5)6/h7,12H,1-6H3. The number of hydrogen-bond donors (Lipinski definition) is 0. The maximum atomic E-state index is 11.4. The lowest BCUT2D eigenvalue weighted by Crippen LogP contribution is -2.30. The summed E-state index contributed by atoms with van der Waals surface area (Å²) in [6, 6.07) is 0. The molecular formula is C9H20O2Si. The molecule has 0 saturated carbocycles. The number of hydrogen-bond acceptors (Lipinski definition) is 2. The maximum absolute atomic E-state index is 11.4. The Morgan fingerprint density at radius 3 is 2.00 bits per heavy atom. The van der Waals surface area contributed by atoms with Crippen LogP contribution in [0.3, 0.4) is 0 Å². The molecule has 0 aliphatic carbocycles. The zero-order valence-corrected chi connectivity index (χ0v) is 10.1. The fourth-order valence-electron chi connectivity index (χ4n) is 0.688. The van der Waals surface area contributed by atoms with Gasteiger partial charge in [-0.2, -0.15) is 0 Å². The Hall–Kier alpha value is -0.313. The first-order valence-electron chi connectivity index (χ1n) is 4.45. The van der Waals surface area contributed by atoms with Crippen LogP contribution in [0.1, 0.15) is 27.7 Å². The van der Waals surface area contributed by atoms with Crippen LogP contribution in [0.2, 0.25) is 13.1 Å². The van der Waals surface area contributed by atoms with Crippen LogP contribution < -0.4 is 0 Å². The van der Waals surface area contributed by atoms with Gasteiger partial charge < -0.3 is 4.43 Å². The molecule has 0 spiro atoms. The van der Waals surface area contributed by atoms with Crippen LogP contribution in [-0.4, -0.2) is 15.0 Å². The SMILES string of the molecule is CC(C(=O)O[SiH](C)C)C(C)(C)C. The Balaban J connectivity index is 4.12. The quantitative estimate of drug-likeness (QED) is 0.621. The first-order chi connectivity index (χ1) is 5.25.